The van der Waals surface area contributed by atoms with E-state index >= 15 is 18.7 Å². The Morgan fingerprint density at radius 3 is 0.872 bits per heavy atom. The summed E-state index contributed by atoms with van der Waals surface area (Å²) in [6.45, 7) is 22.3. The number of fused-ring (bicyclic) bond motifs is 4. The van der Waals surface area contributed by atoms with E-state index in [1.54, 1.807) is 126 Å². The van der Waals surface area contributed by atoms with E-state index in [4.69, 9.17) is 18.9 Å². The minimum absolute atomic E-state index is 0.00106. The van der Waals surface area contributed by atoms with Crippen molar-refractivity contribution < 1.29 is 47.3 Å². The molecule has 9 aromatic rings. The van der Waals surface area contributed by atoms with Crippen molar-refractivity contribution in [1.29, 1.82) is 0 Å². The third-order valence-electron chi connectivity index (χ3n) is 15.8. The van der Waals surface area contributed by atoms with Crippen LogP contribution in [0, 0.1) is 52.4 Å². The van der Waals surface area contributed by atoms with E-state index in [2.05, 4.69) is 24.3 Å². The van der Waals surface area contributed by atoms with Crippen LogP contribution in [0.2, 0.25) is 0 Å². The normalized spacial score (nSPS) is 15.3. The lowest BCUT2D eigenvalue weighted by Crippen LogP contribution is -2.43. The number of aryl methyl sites for hydroxylation is 6. The maximum Gasteiger partial charge on any atom is 0.353 e. The quantitative estimate of drug-likeness (QED) is 0.0820. The van der Waals surface area contributed by atoms with Crippen molar-refractivity contribution in [2.45, 2.75) is 95.3 Å². The van der Waals surface area contributed by atoms with Gasteiger partial charge >= 0.3 is 23.9 Å². The second kappa shape index (κ2) is 23.6. The van der Waals surface area contributed by atoms with Gasteiger partial charge in [0.1, 0.15) is 11.5 Å². The Morgan fingerprint density at radius 1 is 0.337 bits per heavy atom. The molecule has 0 spiro atoms. The summed E-state index contributed by atoms with van der Waals surface area (Å²) in [6, 6.07) is 57.2. The molecule has 9 aromatic carbocycles. The average molecular weight is 1180 g/mol. The Hall–Kier alpha value is -8.68. The van der Waals surface area contributed by atoms with Crippen LogP contribution >= 0.6 is 14.3 Å². The van der Waals surface area contributed by atoms with Crippen LogP contribution in [0.4, 0.5) is 0 Å². The molecule has 1 heterocycles. The second-order valence-corrected chi connectivity index (χ2v) is 29.9. The molecule has 0 N–H and O–H groups in total. The van der Waals surface area contributed by atoms with Gasteiger partial charge in [0, 0.05) is 53.8 Å². The molecule has 12 heteroatoms. The van der Waals surface area contributed by atoms with E-state index in [9.17, 15) is 9.59 Å². The number of cyclic esters (lactones) is 2. The Morgan fingerprint density at radius 2 is 0.605 bits per heavy atom. The van der Waals surface area contributed by atoms with Gasteiger partial charge in [-0.15, -0.1) is 0 Å². The maximum atomic E-state index is 18.3. The molecule has 0 radical (unpaired) electrons. The summed E-state index contributed by atoms with van der Waals surface area (Å²) >= 11 is 0. The van der Waals surface area contributed by atoms with Gasteiger partial charge in [0.05, 0.1) is 11.1 Å². The number of carbonyl (C=O) groups excluding carboxylic acids is 4. The van der Waals surface area contributed by atoms with Gasteiger partial charge < -0.3 is 28.1 Å². The molecule has 0 fully saturated rings. The third-order valence-corrected chi connectivity index (χ3v) is 22.1. The minimum atomic E-state index is -4.43. The first-order valence-electron chi connectivity index (χ1n) is 28.7. The predicted octanol–water partition coefficient (Wildman–Crippen LogP) is 14.5. The van der Waals surface area contributed by atoms with Crippen LogP contribution in [-0.2, 0) is 28.2 Å². The lowest BCUT2D eigenvalue weighted by molar-refractivity contribution is -0.151. The second-order valence-electron chi connectivity index (χ2n) is 24.5. The smallest absolute Gasteiger partial charge is 0.353 e. The van der Waals surface area contributed by atoms with Crippen LogP contribution in [0.25, 0.3) is 33.4 Å². The molecule has 1 aliphatic heterocycles. The fraction of sp³-hybridized carbons (Fsp3) is 0.216. The highest BCUT2D eigenvalue weighted by atomic mass is 31.2. The molecular weight excluding hydrogens is 1110 g/mol. The van der Waals surface area contributed by atoms with Crippen LogP contribution in [0.5, 0.6) is 11.5 Å². The van der Waals surface area contributed by atoms with E-state index in [1.165, 1.54) is 12.1 Å². The predicted molar refractivity (Wildman–Crippen MR) is 345 cm³/mol. The zero-order chi connectivity index (χ0) is 61.6. The zero-order valence-electron chi connectivity index (χ0n) is 50.6. The molecule has 10 rings (SSSR count). The van der Waals surface area contributed by atoms with Crippen molar-refractivity contribution in [3.63, 3.8) is 0 Å². The molecule has 10 nitrogen and oxygen atoms in total. The van der Waals surface area contributed by atoms with Crippen molar-refractivity contribution >= 4 is 70.0 Å². The van der Waals surface area contributed by atoms with Gasteiger partial charge in [0.2, 0.25) is 12.2 Å². The SMILES string of the molecule is Cc1cc(C)c(-c2ccc3c(c2P(=O)(c2ccccc2)c2ccccc2)-c2c(ccc(-c4c(C)cc(C)cc4C)c2P(=O)(c2ccccc2)c2ccccc2)OC(=O)[C@@H](C(C)(C)C)OC(=O)c2ccccc2C(=O)O[C@H](C(C)(C)C)C(=O)O3)c(C)c1. The van der Waals surface area contributed by atoms with Crippen LogP contribution in [0.1, 0.15) is 95.6 Å². The van der Waals surface area contributed by atoms with Gasteiger partial charge in [-0.1, -0.05) is 210 Å². The number of carbonyl (C=O) groups is 4. The van der Waals surface area contributed by atoms with E-state index in [0.717, 1.165) is 44.5 Å². The third kappa shape index (κ3) is 11.2. The van der Waals surface area contributed by atoms with Gasteiger partial charge in [0.25, 0.3) is 0 Å². The van der Waals surface area contributed by atoms with E-state index < -0.39 is 61.2 Å². The standard InChI is InChI=1S/C74H70O10P2/c1-45-41-47(3)61(48(4)42-45)57-37-39-59-63(65(57)85(79,51-27-17-13-18-28-51)52-29-19-14-20-30-52)64-60(82-72(78)68(74(10,11)12)84-70(76)56-36-26-25-35-55(56)69(75)83-67(71(77)81-59)73(7,8)9)40-38-58(62-49(5)43-46(2)44-50(62)6)66(64)86(80,53-31-21-15-22-32-53)54-33-23-16-24-34-54/h13-44,67-68H,1-12H3/t67-,68-/m0/s1. The number of benzene rings is 9. The topological polar surface area (TPSA) is 139 Å². The van der Waals surface area contributed by atoms with E-state index in [0.29, 0.717) is 32.3 Å². The summed E-state index contributed by atoms with van der Waals surface area (Å²) in [7, 11) is -8.87. The van der Waals surface area contributed by atoms with Crippen LogP contribution in [-0.4, -0.2) is 36.1 Å². The van der Waals surface area contributed by atoms with E-state index in [1.807, 2.05) is 114 Å². The van der Waals surface area contributed by atoms with Gasteiger partial charge in [-0.05, 0) is 122 Å². The van der Waals surface area contributed by atoms with Crippen LogP contribution in [0.15, 0.2) is 194 Å². The summed E-state index contributed by atoms with van der Waals surface area (Å²) < 4.78 is 63.2. The Balaban J connectivity index is 1.53. The molecule has 0 saturated carbocycles. The molecule has 0 aliphatic carbocycles. The summed E-state index contributed by atoms with van der Waals surface area (Å²) in [5, 5.41) is 1.92. The molecule has 0 amide bonds. The van der Waals surface area contributed by atoms with Crippen molar-refractivity contribution in [2.75, 3.05) is 0 Å². The number of hydrogen-bond acceptors (Lipinski definition) is 10. The number of ether oxygens (including phenoxy) is 4. The van der Waals surface area contributed by atoms with Crippen molar-refractivity contribution in [1.82, 2.24) is 0 Å². The molecule has 0 saturated heterocycles. The lowest BCUT2D eigenvalue weighted by atomic mass is 9.87. The summed E-state index contributed by atoms with van der Waals surface area (Å²) in [5.41, 5.74) is 4.90. The monoisotopic (exact) mass is 1180 g/mol. The molecule has 86 heavy (non-hydrogen) atoms. The van der Waals surface area contributed by atoms with Gasteiger partial charge in [-0.2, -0.15) is 0 Å². The molecule has 436 valence electrons. The molecule has 2 atom stereocenters. The van der Waals surface area contributed by atoms with Gasteiger partial charge in [-0.3, -0.25) is 0 Å². The number of rotatable bonds is 8. The Bertz CT molecular complexity index is 3830. The van der Waals surface area contributed by atoms with E-state index in [-0.39, 0.29) is 44.4 Å². The van der Waals surface area contributed by atoms with Crippen molar-refractivity contribution in [3.05, 3.63) is 239 Å². The first-order chi connectivity index (χ1) is 40.8. The fourth-order valence-corrected chi connectivity index (χ4v) is 18.2. The molecular formula is C74H70O10P2. The highest BCUT2D eigenvalue weighted by Gasteiger charge is 2.47. The average Bonchev–Trinajstić information content (AvgIpc) is 0.743. The maximum absolute atomic E-state index is 18.3. The molecule has 1 aliphatic rings. The number of hydrogen-bond donors (Lipinski definition) is 0. The first kappa shape index (κ1) is 60.4. The molecule has 0 unspecified atom stereocenters. The minimum Gasteiger partial charge on any atom is -0.446 e. The molecule has 0 bridgehead atoms. The number of esters is 4. The fourth-order valence-electron chi connectivity index (χ4n) is 12.1. The Labute approximate surface area is 504 Å². The lowest BCUT2D eigenvalue weighted by Gasteiger charge is -2.34. The highest BCUT2D eigenvalue weighted by Crippen LogP contribution is 2.57. The van der Waals surface area contributed by atoms with Crippen molar-refractivity contribution in [3.8, 4) is 44.9 Å². The van der Waals surface area contributed by atoms with Crippen molar-refractivity contribution in [2.24, 2.45) is 10.8 Å². The first-order valence-corrected chi connectivity index (χ1v) is 32.1. The zero-order valence-corrected chi connectivity index (χ0v) is 52.4. The van der Waals surface area contributed by atoms with Gasteiger partial charge in [0.15, 0.2) is 14.3 Å². The highest BCUT2D eigenvalue weighted by molar-refractivity contribution is 7.86. The summed E-state index contributed by atoms with van der Waals surface area (Å²) in [6.07, 6.45) is -3.33. The summed E-state index contributed by atoms with van der Waals surface area (Å²) in [5.74, 6) is -4.50. The van der Waals surface area contributed by atoms with Crippen LogP contribution in [0.3, 0.4) is 0 Å². The largest absolute Gasteiger partial charge is 0.446 e. The van der Waals surface area contributed by atoms with Gasteiger partial charge in [-0.25, -0.2) is 19.2 Å². The Kier molecular flexibility index (Phi) is 16.6. The summed E-state index contributed by atoms with van der Waals surface area (Å²) in [4.78, 5) is 61.3. The van der Waals surface area contributed by atoms with Crippen LogP contribution < -0.4 is 41.3 Å². The molecule has 0 aromatic heterocycles.